The average molecular weight is 196 g/mol. The Morgan fingerprint density at radius 2 is 2.31 bits per heavy atom. The number of Topliss-reactive ketones (excluding diaryl/α,β-unsaturated/α-hetero) is 1. The van der Waals surface area contributed by atoms with Gasteiger partial charge in [0.15, 0.2) is 0 Å². The Morgan fingerprint density at radius 1 is 1.54 bits per heavy atom. The van der Waals surface area contributed by atoms with Crippen LogP contribution in [0.4, 0.5) is 0 Å². The van der Waals surface area contributed by atoms with Gasteiger partial charge in [-0.25, -0.2) is 5.10 Å². The van der Waals surface area contributed by atoms with Crippen LogP contribution in [0.2, 0.25) is 0 Å². The van der Waals surface area contributed by atoms with Crippen molar-refractivity contribution in [3.63, 3.8) is 0 Å². The zero-order chi connectivity index (χ0) is 9.42. The Morgan fingerprint density at radius 3 is 3.00 bits per heavy atom. The second-order valence-electron chi connectivity index (χ2n) is 2.32. The van der Waals surface area contributed by atoms with Crippen LogP contribution in [0.15, 0.2) is 0 Å². The van der Waals surface area contributed by atoms with E-state index in [1.165, 1.54) is 11.4 Å². The van der Waals surface area contributed by atoms with E-state index in [-0.39, 0.29) is 22.2 Å². The van der Waals surface area contributed by atoms with E-state index in [2.05, 4.69) is 25.5 Å². The minimum atomic E-state index is -0.266. The highest BCUT2D eigenvalue weighted by molar-refractivity contribution is 7.71. The van der Waals surface area contributed by atoms with Crippen molar-refractivity contribution in [2.24, 2.45) is 0 Å². The molecule has 0 saturated heterocycles. The second kappa shape index (κ2) is 2.66. The van der Waals surface area contributed by atoms with Gasteiger partial charge in [-0.15, -0.1) is 20.4 Å². The molecule has 0 spiro atoms. The van der Waals surface area contributed by atoms with E-state index in [1.54, 1.807) is 0 Å². The van der Waals surface area contributed by atoms with Crippen molar-refractivity contribution in [2.75, 3.05) is 0 Å². The topological polar surface area (TPSA) is 88.8 Å². The monoisotopic (exact) mass is 196 g/mol. The van der Waals surface area contributed by atoms with E-state index in [4.69, 9.17) is 12.2 Å². The molecule has 0 unspecified atom stereocenters. The molecule has 0 aliphatic rings. The number of aromatic amines is 1. The number of H-pyrrole nitrogens is 1. The first-order chi connectivity index (χ1) is 6.18. The van der Waals surface area contributed by atoms with E-state index in [0.717, 1.165) is 0 Å². The van der Waals surface area contributed by atoms with Crippen molar-refractivity contribution in [3.8, 4) is 0 Å². The Hall–Kier alpha value is -1.70. The lowest BCUT2D eigenvalue weighted by atomic mass is 10.4. The molecule has 0 amide bonds. The van der Waals surface area contributed by atoms with E-state index in [0.29, 0.717) is 0 Å². The summed E-state index contributed by atoms with van der Waals surface area (Å²) in [7, 11) is 0. The summed E-state index contributed by atoms with van der Waals surface area (Å²) >= 11 is 4.84. The number of aromatic nitrogens is 6. The van der Waals surface area contributed by atoms with Crippen molar-refractivity contribution in [1.82, 2.24) is 30.0 Å². The third-order valence-electron chi connectivity index (χ3n) is 1.38. The van der Waals surface area contributed by atoms with Gasteiger partial charge in [0.05, 0.1) is 0 Å². The lowest BCUT2D eigenvalue weighted by molar-refractivity contribution is 0.100. The van der Waals surface area contributed by atoms with Gasteiger partial charge in [-0.1, -0.05) is 0 Å². The molecule has 1 N–H and O–H groups in total. The van der Waals surface area contributed by atoms with E-state index >= 15 is 0 Å². The quantitative estimate of drug-likeness (QED) is 0.501. The number of nitrogens with one attached hydrogen (secondary N) is 1. The molecule has 0 bridgehead atoms. The second-order valence-corrected chi connectivity index (χ2v) is 2.71. The Kier molecular flexibility index (Phi) is 1.62. The molecule has 0 aliphatic heterocycles. The molecule has 0 aliphatic carbocycles. The first-order valence-corrected chi connectivity index (χ1v) is 3.78. The molecular weight excluding hydrogens is 192 g/mol. The highest BCUT2D eigenvalue weighted by atomic mass is 32.1. The first-order valence-electron chi connectivity index (χ1n) is 3.37. The number of nitrogens with zero attached hydrogens (tertiary/aromatic N) is 5. The average Bonchev–Trinajstić information content (AvgIpc) is 2.47. The summed E-state index contributed by atoms with van der Waals surface area (Å²) in [4.78, 5) is 10.9. The molecular formula is C5H4N6OS. The first kappa shape index (κ1) is 7.92. The summed E-state index contributed by atoms with van der Waals surface area (Å²) in [5.74, 6) is -0.00231. The number of hydrogen-bond donors (Lipinski definition) is 1. The molecule has 13 heavy (non-hydrogen) atoms. The zero-order valence-corrected chi connectivity index (χ0v) is 7.37. The van der Waals surface area contributed by atoms with Gasteiger partial charge in [0.1, 0.15) is 0 Å². The summed E-state index contributed by atoms with van der Waals surface area (Å²) in [6.07, 6.45) is 0. The molecule has 0 aromatic carbocycles. The van der Waals surface area contributed by atoms with Crippen LogP contribution >= 0.6 is 12.2 Å². The predicted octanol–water partition coefficient (Wildman–Crippen LogP) is -0.221. The molecule has 7 nitrogen and oxygen atoms in total. The standard InChI is InChI=1S/C5H4N6OS/c1-2(12)3-6-7-4-8-9-5(13)11(4)10-3/h1H3,(H,9,13). The van der Waals surface area contributed by atoms with E-state index < -0.39 is 0 Å². The third-order valence-corrected chi connectivity index (χ3v) is 1.64. The molecule has 2 heterocycles. The van der Waals surface area contributed by atoms with Crippen LogP contribution in [0.3, 0.4) is 0 Å². The van der Waals surface area contributed by atoms with Crippen molar-refractivity contribution < 1.29 is 4.79 Å². The fraction of sp³-hybridized carbons (Fsp3) is 0.200. The summed E-state index contributed by atoms with van der Waals surface area (Å²) in [6.45, 7) is 1.35. The molecule has 8 heteroatoms. The van der Waals surface area contributed by atoms with Gasteiger partial charge in [0.25, 0.3) is 5.78 Å². The maximum atomic E-state index is 10.9. The normalized spacial score (nSPS) is 10.5. The lowest BCUT2D eigenvalue weighted by Gasteiger charge is -1.91. The summed E-state index contributed by atoms with van der Waals surface area (Å²) in [5.41, 5.74) is 0. The van der Waals surface area contributed by atoms with Gasteiger partial charge in [-0.05, 0) is 12.2 Å². The fourth-order valence-electron chi connectivity index (χ4n) is 0.786. The Bertz CT molecular complexity index is 527. The smallest absolute Gasteiger partial charge is 0.289 e. The Balaban J connectivity index is 2.80. The molecule has 0 atom stereocenters. The fourth-order valence-corrected chi connectivity index (χ4v) is 0.954. The summed E-state index contributed by atoms with van der Waals surface area (Å²) in [6, 6.07) is 0. The van der Waals surface area contributed by atoms with Gasteiger partial charge in [-0.2, -0.15) is 4.52 Å². The number of rotatable bonds is 1. The highest BCUT2D eigenvalue weighted by Crippen LogP contribution is 1.93. The maximum Gasteiger partial charge on any atom is 0.289 e. The SMILES string of the molecule is CC(=O)c1nnc2n[nH]c(=S)n2n1. The summed E-state index contributed by atoms with van der Waals surface area (Å²) in [5, 5.41) is 17.2. The van der Waals surface area contributed by atoms with Crippen molar-refractivity contribution in [2.45, 2.75) is 6.92 Å². The van der Waals surface area contributed by atoms with Crippen molar-refractivity contribution in [1.29, 1.82) is 0 Å². The van der Waals surface area contributed by atoms with Crippen LogP contribution in [-0.2, 0) is 0 Å². The molecule has 0 radical (unpaired) electrons. The number of ketones is 1. The van der Waals surface area contributed by atoms with Crippen molar-refractivity contribution in [3.05, 3.63) is 10.6 Å². The lowest BCUT2D eigenvalue weighted by Crippen LogP contribution is -2.08. The maximum absolute atomic E-state index is 10.9. The van der Waals surface area contributed by atoms with Gasteiger partial charge in [0.2, 0.25) is 16.4 Å². The number of carbonyl (C=O) groups is 1. The zero-order valence-electron chi connectivity index (χ0n) is 6.55. The van der Waals surface area contributed by atoms with Crippen molar-refractivity contribution >= 4 is 23.8 Å². The van der Waals surface area contributed by atoms with E-state index in [1.807, 2.05) is 0 Å². The molecule has 2 aromatic rings. The van der Waals surface area contributed by atoms with Crippen LogP contribution in [0, 0.1) is 4.77 Å². The highest BCUT2D eigenvalue weighted by Gasteiger charge is 2.07. The molecule has 66 valence electrons. The predicted molar refractivity (Wildman–Crippen MR) is 43.8 cm³/mol. The molecule has 2 rings (SSSR count). The minimum Gasteiger partial charge on any atom is -0.291 e. The van der Waals surface area contributed by atoms with Crippen LogP contribution in [0.1, 0.15) is 17.5 Å². The van der Waals surface area contributed by atoms with Gasteiger partial charge in [-0.3, -0.25) is 4.79 Å². The van der Waals surface area contributed by atoms with E-state index in [9.17, 15) is 4.79 Å². The minimum absolute atomic E-state index is 0.0185. The van der Waals surface area contributed by atoms with Crippen LogP contribution in [0.25, 0.3) is 5.78 Å². The van der Waals surface area contributed by atoms with Crippen LogP contribution < -0.4 is 0 Å². The van der Waals surface area contributed by atoms with Gasteiger partial charge < -0.3 is 0 Å². The number of fused-ring (bicyclic) bond motifs is 1. The third kappa shape index (κ3) is 1.20. The number of carbonyl (C=O) groups excluding carboxylic acids is 1. The largest absolute Gasteiger partial charge is 0.291 e. The van der Waals surface area contributed by atoms with Crippen LogP contribution in [0.5, 0.6) is 0 Å². The molecule has 2 aromatic heterocycles. The van der Waals surface area contributed by atoms with Gasteiger partial charge >= 0.3 is 0 Å². The van der Waals surface area contributed by atoms with Crippen LogP contribution in [-0.4, -0.2) is 35.8 Å². The molecule has 0 fully saturated rings. The summed E-state index contributed by atoms with van der Waals surface area (Å²) < 4.78 is 1.53. The Labute approximate surface area is 76.8 Å². The molecule has 0 saturated carbocycles. The van der Waals surface area contributed by atoms with Gasteiger partial charge in [0, 0.05) is 6.92 Å². The number of hydrogen-bond acceptors (Lipinski definition) is 6.